The molecule has 16 rings (SSSR count). The van der Waals surface area contributed by atoms with Crippen molar-refractivity contribution in [3.63, 3.8) is 0 Å². The van der Waals surface area contributed by atoms with Crippen molar-refractivity contribution in [3.8, 4) is 0 Å². The van der Waals surface area contributed by atoms with Gasteiger partial charge in [-0.25, -0.2) is 0 Å². The highest BCUT2D eigenvalue weighted by atomic mass is 16.7. The molecule has 33 unspecified atom stereocenters. The van der Waals surface area contributed by atoms with Crippen molar-refractivity contribution < 1.29 is 129 Å². The highest BCUT2D eigenvalue weighted by Crippen LogP contribution is 2.62. The third kappa shape index (κ3) is 14.5. The van der Waals surface area contributed by atoms with Crippen LogP contribution in [0.4, 0.5) is 0 Å². The van der Waals surface area contributed by atoms with Gasteiger partial charge in [0.15, 0.2) is 18.5 Å². The lowest BCUT2D eigenvalue weighted by molar-refractivity contribution is -0.201. The Morgan fingerprint density at radius 2 is 0.962 bits per heavy atom. The van der Waals surface area contributed by atoms with Gasteiger partial charge in [0, 0.05) is 53.3 Å². The zero-order chi connectivity index (χ0) is 75.8. The third-order valence-corrected chi connectivity index (χ3v) is 26.1. The van der Waals surface area contributed by atoms with Gasteiger partial charge in [0.1, 0.15) is 54.4 Å². The molecule has 0 aromatic carbocycles. The number of methoxy groups -OCH3 is 1. The average molecular weight is 1470 g/mol. The molecule has 0 aromatic heterocycles. The van der Waals surface area contributed by atoms with Crippen molar-refractivity contribution >= 4 is 71.6 Å². The molecule has 104 heavy (non-hydrogen) atoms. The summed E-state index contributed by atoms with van der Waals surface area (Å²) in [6.07, 6.45) is 4.74. The Balaban J connectivity index is 0.000000131. The van der Waals surface area contributed by atoms with E-state index < -0.39 is 89.3 Å². The normalized spacial score (nSPS) is 40.5. The second-order valence-electron chi connectivity index (χ2n) is 33.5. The second-order valence-corrected chi connectivity index (χ2v) is 33.5. The van der Waals surface area contributed by atoms with Gasteiger partial charge in [-0.2, -0.15) is 0 Å². The fraction of sp³-hybridized carbons (Fsp3) is 0.844. The fourth-order valence-corrected chi connectivity index (χ4v) is 19.4. The number of aliphatic hydroxyl groups excluding tert-OH is 1. The number of cyclic esters (lactones) is 1. The first-order chi connectivity index (χ1) is 49.2. The Morgan fingerprint density at radius 3 is 1.43 bits per heavy atom. The Morgan fingerprint density at radius 1 is 0.490 bits per heavy atom. The monoisotopic (exact) mass is 1470 g/mol. The fourth-order valence-electron chi connectivity index (χ4n) is 19.4. The molecule has 9 saturated carbocycles. The maximum atomic E-state index is 12.6. The predicted molar refractivity (Wildman–Crippen MR) is 358 cm³/mol. The van der Waals surface area contributed by atoms with Gasteiger partial charge < -0.3 is 71.4 Å². The molecular formula is C77H110O27. The van der Waals surface area contributed by atoms with E-state index >= 15 is 0 Å². The molecule has 0 spiro atoms. The zero-order valence-electron chi connectivity index (χ0n) is 63.0. The van der Waals surface area contributed by atoms with Gasteiger partial charge >= 0.3 is 71.6 Å². The first-order valence-electron chi connectivity index (χ1n) is 38.4. The topological polar surface area (TPSA) is 354 Å². The van der Waals surface area contributed by atoms with E-state index in [1.807, 2.05) is 69.2 Å². The van der Waals surface area contributed by atoms with Crippen LogP contribution < -0.4 is 0 Å². The van der Waals surface area contributed by atoms with E-state index in [2.05, 4.69) is 0 Å². The van der Waals surface area contributed by atoms with E-state index in [1.165, 1.54) is 7.11 Å². The number of aliphatic hydroxyl groups is 1. The average Bonchev–Trinajstić information content (AvgIpc) is 1.57. The van der Waals surface area contributed by atoms with E-state index in [0.29, 0.717) is 57.2 Å². The minimum Gasteiger partial charge on any atom is -0.469 e. The number of hydrogen-bond donors (Lipinski definition) is 1. The molecular weight excluding hydrogens is 1360 g/mol. The van der Waals surface area contributed by atoms with Gasteiger partial charge in [-0.05, 0) is 125 Å². The van der Waals surface area contributed by atoms with Crippen LogP contribution in [-0.4, -0.2) is 176 Å². The lowest BCUT2D eigenvalue weighted by Crippen LogP contribution is -2.50. The maximum absolute atomic E-state index is 12.6. The number of esters is 12. The summed E-state index contributed by atoms with van der Waals surface area (Å²) in [5.74, 6) is -6.39. The van der Waals surface area contributed by atoms with Crippen molar-refractivity contribution in [1.29, 1.82) is 0 Å². The summed E-state index contributed by atoms with van der Waals surface area (Å²) in [6, 6.07) is 0. The van der Waals surface area contributed by atoms with Crippen LogP contribution in [-0.2, 0) is 124 Å². The maximum Gasteiger partial charge on any atom is 0.312 e. The zero-order valence-corrected chi connectivity index (χ0v) is 63.0. The van der Waals surface area contributed by atoms with Crippen molar-refractivity contribution in [1.82, 2.24) is 0 Å². The molecule has 16 aliphatic rings. The van der Waals surface area contributed by atoms with Crippen molar-refractivity contribution in [2.45, 2.75) is 260 Å². The lowest BCUT2D eigenvalue weighted by atomic mass is 9.58. The van der Waals surface area contributed by atoms with Crippen LogP contribution >= 0.6 is 0 Å². The third-order valence-electron chi connectivity index (χ3n) is 26.1. The summed E-state index contributed by atoms with van der Waals surface area (Å²) in [5, 5.41) is 10.1. The molecule has 0 aromatic rings. The molecule has 27 heteroatoms. The van der Waals surface area contributed by atoms with Gasteiger partial charge in [0.05, 0.1) is 96.9 Å². The summed E-state index contributed by atoms with van der Waals surface area (Å²) < 4.78 is 76.1. The second kappa shape index (κ2) is 31.0. The first-order valence-corrected chi connectivity index (χ1v) is 38.4. The van der Waals surface area contributed by atoms with Gasteiger partial charge in [-0.3, -0.25) is 57.5 Å². The quantitative estimate of drug-likeness (QED) is 0.0707. The van der Waals surface area contributed by atoms with Crippen molar-refractivity contribution in [2.75, 3.05) is 20.3 Å². The first kappa shape index (κ1) is 78.6. The van der Waals surface area contributed by atoms with Crippen molar-refractivity contribution in [2.24, 2.45) is 130 Å². The number of carbonyl (C=O) groups excluding carboxylic acids is 12. The molecule has 7 saturated heterocycles. The van der Waals surface area contributed by atoms with Crippen LogP contribution in [0.15, 0.2) is 0 Å². The van der Waals surface area contributed by atoms with Gasteiger partial charge in [-0.1, -0.05) is 62.3 Å². The molecule has 7 aliphatic heterocycles. The van der Waals surface area contributed by atoms with Crippen LogP contribution in [0.2, 0.25) is 0 Å². The molecule has 0 amide bonds. The van der Waals surface area contributed by atoms with Gasteiger partial charge in [0.2, 0.25) is 0 Å². The molecule has 1 N–H and O–H groups in total. The Labute approximate surface area is 608 Å². The van der Waals surface area contributed by atoms with E-state index in [-0.39, 0.29) is 179 Å². The van der Waals surface area contributed by atoms with Crippen LogP contribution in [0, 0.1) is 130 Å². The highest BCUT2D eigenvalue weighted by molar-refractivity contribution is 5.88. The minimum absolute atomic E-state index is 0.00642. The Bertz CT molecular complexity index is 3280. The SMILES string of the molecule is CCC(C)(C)C(=O)OC1CC2CCC1C1COC(=O)C21.CCC(C)C(=O)OC1C2CC3C(=O)OC1C3O2.CCC(C)C(=O)OC1C2CC3C1OC(=O)C3C2C(=O)OC.CCC(C)C(=O)OC1C2CC3C1OC(=O)C3C2C(=O)OC(C)(C)C.CCOC(=O)C1C2CC3C(OC(=O)C31)C2OC(O)C(C)CC. The lowest BCUT2D eigenvalue weighted by Gasteiger charge is -2.47. The molecule has 10 bridgehead atoms. The number of ether oxygens (including phenoxy) is 14. The predicted octanol–water partition coefficient (Wildman–Crippen LogP) is 7.34. The molecule has 7 heterocycles. The largest absolute Gasteiger partial charge is 0.469 e. The number of carbonyl (C=O) groups is 12. The molecule has 580 valence electrons. The molecule has 27 nitrogen and oxygen atoms in total. The summed E-state index contributed by atoms with van der Waals surface area (Å²) in [6.45, 7) is 28.9. The highest BCUT2D eigenvalue weighted by Gasteiger charge is 2.73. The van der Waals surface area contributed by atoms with Gasteiger partial charge in [0.25, 0.3) is 0 Å². The molecule has 33 atom stereocenters. The molecule has 0 radical (unpaired) electrons. The standard InChI is InChI=1S/C18H26O6.C16H24O6.C16H24O4.C15H20O6.C12H16O5/c1-6-8(2)15(19)22-13-10-7-9-11(16(20)23-14(9)13)12(10)17(21)24-18(3,4)5;1-4-7(3)14(17)21-12-8-6-9-11(16(19)22-13(9)12)10(8)15(18)20-5-2;1-4-16(2,3)15(18)20-12-7-9-5-6-10(12)11-8-19-14(17)13(9)11;1-4-6(2)13(16)20-11-7-5-8-10(9(7)14(17)19-3)15(18)21-12(8)11;1-3-5(2)11(13)16-9-7-4-6-8(15-7)10(9)17-12(6)14/h8-14H,6-7H2,1-5H3;7-14,17H,4-6H2,1-3H3;9-13H,4-8H2,1-3H3;6-12H,4-5H2,1-3H3;5-10H,3-4H2,1-2H3. The summed E-state index contributed by atoms with van der Waals surface area (Å²) in [5.41, 5.74) is -1.04. The number of rotatable bonds is 20. The summed E-state index contributed by atoms with van der Waals surface area (Å²) >= 11 is 0. The Kier molecular flexibility index (Phi) is 23.4. The van der Waals surface area contributed by atoms with E-state index in [1.54, 1.807) is 34.6 Å². The van der Waals surface area contributed by atoms with E-state index in [0.717, 1.165) is 44.9 Å². The molecule has 9 aliphatic carbocycles. The number of hydrogen-bond acceptors (Lipinski definition) is 27. The van der Waals surface area contributed by atoms with Crippen LogP contribution in [0.3, 0.4) is 0 Å². The molecule has 16 fully saturated rings. The summed E-state index contributed by atoms with van der Waals surface area (Å²) in [7, 11) is 1.31. The Hall–Kier alpha value is -6.48. The van der Waals surface area contributed by atoms with Crippen molar-refractivity contribution in [3.05, 3.63) is 0 Å². The minimum atomic E-state index is -0.907. The number of fused-ring (bicyclic) bond motifs is 6. The summed E-state index contributed by atoms with van der Waals surface area (Å²) in [4.78, 5) is 145. The van der Waals surface area contributed by atoms with Crippen LogP contribution in [0.1, 0.15) is 181 Å². The van der Waals surface area contributed by atoms with E-state index in [4.69, 9.17) is 66.3 Å². The van der Waals surface area contributed by atoms with E-state index in [9.17, 15) is 62.6 Å². The van der Waals surface area contributed by atoms with Gasteiger partial charge in [-0.15, -0.1) is 0 Å². The van der Waals surface area contributed by atoms with Crippen LogP contribution in [0.5, 0.6) is 0 Å². The van der Waals surface area contributed by atoms with Crippen LogP contribution in [0.25, 0.3) is 0 Å². The smallest absolute Gasteiger partial charge is 0.312 e.